The molecule has 0 bridgehead atoms. The number of aliphatic hydroxyl groups excluding tert-OH is 1. The van der Waals surface area contributed by atoms with Gasteiger partial charge in [0.1, 0.15) is 11.9 Å². The van der Waals surface area contributed by atoms with E-state index in [9.17, 15) is 19.1 Å². The molecule has 0 saturated carbocycles. The van der Waals surface area contributed by atoms with Gasteiger partial charge in [0.15, 0.2) is 0 Å². The maximum Gasteiger partial charge on any atom is 0.257 e. The zero-order valence-electron chi connectivity index (χ0n) is 11.8. The molecule has 0 radical (unpaired) electrons. The summed E-state index contributed by atoms with van der Waals surface area (Å²) in [5, 5.41) is 14.2. The Hall–Kier alpha value is -2.73. The lowest BCUT2D eigenvalue weighted by Crippen LogP contribution is -2.26. The monoisotopic (exact) mass is 302 g/mol. The number of halogens is 1. The number of carbonyl (C=O) groups excluding carboxylic acids is 2. The number of rotatable bonds is 4. The van der Waals surface area contributed by atoms with E-state index < -0.39 is 23.7 Å². The van der Waals surface area contributed by atoms with E-state index in [1.54, 1.807) is 30.3 Å². The summed E-state index contributed by atoms with van der Waals surface area (Å²) in [7, 11) is 0. The van der Waals surface area contributed by atoms with Crippen LogP contribution in [0.4, 0.5) is 15.8 Å². The average molecular weight is 302 g/mol. The predicted molar refractivity (Wildman–Crippen MR) is 81.1 cm³/mol. The van der Waals surface area contributed by atoms with E-state index >= 15 is 0 Å². The number of hydrogen-bond donors (Lipinski definition) is 3. The van der Waals surface area contributed by atoms with Gasteiger partial charge in [-0.2, -0.15) is 0 Å². The fourth-order valence-electron chi connectivity index (χ4n) is 1.77. The highest BCUT2D eigenvalue weighted by molar-refractivity contribution is 6.10. The largest absolute Gasteiger partial charge is 0.384 e. The number of nitrogens with one attached hydrogen (secondary N) is 2. The molecule has 2 amide bonds. The number of aliphatic hydroxyl groups is 1. The van der Waals surface area contributed by atoms with Crippen LogP contribution in [0.1, 0.15) is 17.3 Å². The average Bonchev–Trinajstić information content (AvgIpc) is 2.49. The maximum absolute atomic E-state index is 13.4. The molecule has 2 aromatic carbocycles. The van der Waals surface area contributed by atoms with Crippen LogP contribution in [0.15, 0.2) is 48.5 Å². The van der Waals surface area contributed by atoms with E-state index in [2.05, 4.69) is 10.6 Å². The summed E-state index contributed by atoms with van der Waals surface area (Å²) in [6.07, 6.45) is -1.24. The van der Waals surface area contributed by atoms with E-state index in [0.717, 1.165) is 12.1 Å². The summed E-state index contributed by atoms with van der Waals surface area (Å²) in [6, 6.07) is 12.1. The Bertz CT molecular complexity index is 687. The van der Waals surface area contributed by atoms with E-state index in [0.29, 0.717) is 5.69 Å². The Labute approximate surface area is 126 Å². The highest BCUT2D eigenvalue weighted by Gasteiger charge is 2.17. The van der Waals surface area contributed by atoms with Crippen molar-refractivity contribution < 1.29 is 19.1 Å². The van der Waals surface area contributed by atoms with E-state index in [-0.39, 0.29) is 11.3 Å². The van der Waals surface area contributed by atoms with E-state index in [4.69, 9.17) is 0 Å². The Balaban J connectivity index is 2.26. The first-order chi connectivity index (χ1) is 10.5. The van der Waals surface area contributed by atoms with Gasteiger partial charge in [-0.1, -0.05) is 18.2 Å². The lowest BCUT2D eigenvalue weighted by atomic mass is 10.1. The number of para-hydroxylation sites is 1. The number of hydrogen-bond acceptors (Lipinski definition) is 3. The molecular weight excluding hydrogens is 287 g/mol. The van der Waals surface area contributed by atoms with Crippen LogP contribution in [0.2, 0.25) is 0 Å². The van der Waals surface area contributed by atoms with Crippen molar-refractivity contribution in [3.05, 3.63) is 59.9 Å². The molecule has 0 fully saturated rings. The SMILES string of the molecule is CC(O)C(=O)Nc1ccc(F)cc1C(=O)Nc1ccccc1. The lowest BCUT2D eigenvalue weighted by Gasteiger charge is -2.12. The van der Waals surface area contributed by atoms with Gasteiger partial charge >= 0.3 is 0 Å². The van der Waals surface area contributed by atoms with Gasteiger partial charge in [0.25, 0.3) is 11.8 Å². The fraction of sp³-hybridized carbons (Fsp3) is 0.125. The summed E-state index contributed by atoms with van der Waals surface area (Å²) in [5.41, 5.74) is 0.642. The van der Waals surface area contributed by atoms with E-state index in [1.807, 2.05) is 0 Å². The standard InChI is InChI=1S/C16H15FN2O3/c1-10(20)15(21)19-14-8-7-11(17)9-13(14)16(22)18-12-5-3-2-4-6-12/h2-10,20H,1H3,(H,18,22)(H,19,21). The number of anilines is 2. The molecule has 5 nitrogen and oxygen atoms in total. The Kier molecular flexibility index (Phi) is 4.85. The van der Waals surface area contributed by atoms with Gasteiger partial charge in [0.05, 0.1) is 11.3 Å². The van der Waals surface area contributed by atoms with Crippen molar-refractivity contribution in [3.8, 4) is 0 Å². The molecule has 6 heteroatoms. The smallest absolute Gasteiger partial charge is 0.257 e. The molecule has 2 rings (SSSR count). The molecule has 0 aliphatic heterocycles. The van der Waals surface area contributed by atoms with Crippen molar-refractivity contribution in [1.29, 1.82) is 0 Å². The van der Waals surface area contributed by atoms with Gasteiger partial charge in [-0.15, -0.1) is 0 Å². The minimum Gasteiger partial charge on any atom is -0.384 e. The van der Waals surface area contributed by atoms with Crippen LogP contribution in [-0.2, 0) is 4.79 Å². The van der Waals surface area contributed by atoms with E-state index in [1.165, 1.54) is 13.0 Å². The summed E-state index contributed by atoms with van der Waals surface area (Å²) >= 11 is 0. The molecule has 3 N–H and O–H groups in total. The molecule has 0 saturated heterocycles. The van der Waals surface area contributed by atoms with Crippen LogP contribution < -0.4 is 10.6 Å². The number of benzene rings is 2. The molecule has 0 aliphatic carbocycles. The van der Waals surface area contributed by atoms with Crippen molar-refractivity contribution in [2.75, 3.05) is 10.6 Å². The quantitative estimate of drug-likeness (QED) is 0.811. The van der Waals surface area contributed by atoms with Crippen molar-refractivity contribution in [2.45, 2.75) is 13.0 Å². The third-order valence-electron chi connectivity index (χ3n) is 2.90. The van der Waals surface area contributed by atoms with Crippen molar-refractivity contribution in [1.82, 2.24) is 0 Å². The second kappa shape index (κ2) is 6.82. The minimum absolute atomic E-state index is 0.0298. The minimum atomic E-state index is -1.24. The summed E-state index contributed by atoms with van der Waals surface area (Å²) in [4.78, 5) is 23.8. The topological polar surface area (TPSA) is 78.4 Å². The van der Waals surface area contributed by atoms with Crippen LogP contribution in [0.5, 0.6) is 0 Å². The number of amides is 2. The van der Waals surface area contributed by atoms with Crippen LogP contribution in [0.25, 0.3) is 0 Å². The number of carbonyl (C=O) groups is 2. The first-order valence-corrected chi connectivity index (χ1v) is 6.62. The normalized spacial score (nSPS) is 11.6. The summed E-state index contributed by atoms with van der Waals surface area (Å²) in [6.45, 7) is 1.29. The Morgan fingerprint density at radius 3 is 2.41 bits per heavy atom. The zero-order chi connectivity index (χ0) is 16.1. The van der Waals surface area contributed by atoms with Crippen LogP contribution in [-0.4, -0.2) is 23.0 Å². The third kappa shape index (κ3) is 3.89. The van der Waals surface area contributed by atoms with Gasteiger partial charge in [0.2, 0.25) is 0 Å². The van der Waals surface area contributed by atoms with Gasteiger partial charge in [-0.05, 0) is 37.3 Å². The molecule has 114 valence electrons. The molecule has 0 heterocycles. The van der Waals surface area contributed by atoms with Crippen molar-refractivity contribution in [2.24, 2.45) is 0 Å². The third-order valence-corrected chi connectivity index (χ3v) is 2.90. The molecule has 2 aromatic rings. The van der Waals surface area contributed by atoms with Crippen molar-refractivity contribution >= 4 is 23.2 Å². The molecule has 22 heavy (non-hydrogen) atoms. The van der Waals surface area contributed by atoms with Crippen molar-refractivity contribution in [3.63, 3.8) is 0 Å². The second-order valence-electron chi connectivity index (χ2n) is 4.68. The maximum atomic E-state index is 13.4. The highest BCUT2D eigenvalue weighted by Crippen LogP contribution is 2.19. The highest BCUT2D eigenvalue weighted by atomic mass is 19.1. The summed E-state index contributed by atoms with van der Waals surface area (Å²) in [5.74, 6) is -1.85. The summed E-state index contributed by atoms with van der Waals surface area (Å²) < 4.78 is 13.4. The Morgan fingerprint density at radius 1 is 1.09 bits per heavy atom. The second-order valence-corrected chi connectivity index (χ2v) is 4.68. The molecule has 1 unspecified atom stereocenters. The Morgan fingerprint density at radius 2 is 1.77 bits per heavy atom. The van der Waals surface area contributed by atoms with Crippen LogP contribution in [0.3, 0.4) is 0 Å². The molecule has 1 atom stereocenters. The predicted octanol–water partition coefficient (Wildman–Crippen LogP) is 2.40. The van der Waals surface area contributed by atoms with Gasteiger partial charge in [-0.25, -0.2) is 4.39 Å². The van der Waals surface area contributed by atoms with Gasteiger partial charge < -0.3 is 15.7 Å². The van der Waals surface area contributed by atoms with Crippen LogP contribution >= 0.6 is 0 Å². The molecular formula is C16H15FN2O3. The molecule has 0 aromatic heterocycles. The molecule has 0 aliphatic rings. The fourth-order valence-corrected chi connectivity index (χ4v) is 1.77. The van der Waals surface area contributed by atoms with Gasteiger partial charge in [0, 0.05) is 5.69 Å². The zero-order valence-corrected chi connectivity index (χ0v) is 11.8. The lowest BCUT2D eigenvalue weighted by molar-refractivity contribution is -0.123. The first-order valence-electron chi connectivity index (χ1n) is 6.62. The van der Waals surface area contributed by atoms with Crippen LogP contribution in [0, 0.1) is 5.82 Å². The first kappa shape index (κ1) is 15.7. The van der Waals surface area contributed by atoms with Gasteiger partial charge in [-0.3, -0.25) is 9.59 Å². The molecule has 0 spiro atoms.